The van der Waals surface area contributed by atoms with E-state index >= 15 is 0 Å². The van der Waals surface area contributed by atoms with Crippen LogP contribution in [0.3, 0.4) is 0 Å². The first-order chi connectivity index (χ1) is 8.72. The first-order valence-corrected chi connectivity index (χ1v) is 6.68. The number of hydrogen-bond acceptors (Lipinski definition) is 2. The zero-order valence-corrected chi connectivity index (χ0v) is 10.7. The van der Waals surface area contributed by atoms with E-state index < -0.39 is 5.97 Å². The van der Waals surface area contributed by atoms with Crippen LogP contribution in [0, 0.1) is 23.2 Å². The lowest BCUT2D eigenvalue weighted by atomic mass is 9.80. The summed E-state index contributed by atoms with van der Waals surface area (Å²) in [5.41, 5.74) is 0. The van der Waals surface area contributed by atoms with Crippen LogP contribution >= 0.6 is 0 Å². The van der Waals surface area contributed by atoms with Crippen molar-refractivity contribution in [2.24, 2.45) is 11.8 Å². The Kier molecular flexibility index (Phi) is 6.86. The number of carboxylic acids is 1. The van der Waals surface area contributed by atoms with Crippen molar-refractivity contribution in [2.75, 3.05) is 0 Å². The van der Waals surface area contributed by atoms with Gasteiger partial charge in [0.25, 0.3) is 0 Å². The van der Waals surface area contributed by atoms with Crippen LogP contribution in [0.15, 0.2) is 24.3 Å². The molecule has 0 radical (unpaired) electrons. The molecule has 1 aliphatic rings. The molecule has 0 spiro atoms. The Labute approximate surface area is 109 Å². The van der Waals surface area contributed by atoms with Crippen LogP contribution in [-0.2, 0) is 4.79 Å². The number of nitriles is 1. The van der Waals surface area contributed by atoms with Gasteiger partial charge in [0.1, 0.15) is 0 Å². The van der Waals surface area contributed by atoms with Crippen molar-refractivity contribution in [2.45, 2.75) is 44.9 Å². The second-order valence-electron chi connectivity index (χ2n) is 4.90. The van der Waals surface area contributed by atoms with Crippen molar-refractivity contribution < 1.29 is 9.90 Å². The van der Waals surface area contributed by atoms with Gasteiger partial charge in [-0.05, 0) is 44.4 Å². The SMILES string of the molecule is N#C[C@H]1CC[C@H](CCC/C=C/C=C/C(=O)O)CC1. The number of carbonyl (C=O) groups is 1. The highest BCUT2D eigenvalue weighted by Gasteiger charge is 2.19. The summed E-state index contributed by atoms with van der Waals surface area (Å²) in [6.07, 6.45) is 14.4. The maximum atomic E-state index is 10.2. The molecule has 3 heteroatoms. The summed E-state index contributed by atoms with van der Waals surface area (Å²) in [6.45, 7) is 0. The summed E-state index contributed by atoms with van der Waals surface area (Å²) in [7, 11) is 0. The molecule has 1 N–H and O–H groups in total. The van der Waals surface area contributed by atoms with Gasteiger partial charge in [0.2, 0.25) is 0 Å². The lowest BCUT2D eigenvalue weighted by Crippen LogP contribution is -2.13. The number of aliphatic carboxylic acids is 1. The fraction of sp³-hybridized carbons (Fsp3) is 0.600. The molecule has 98 valence electrons. The van der Waals surface area contributed by atoms with Gasteiger partial charge < -0.3 is 5.11 Å². The quantitative estimate of drug-likeness (QED) is 0.442. The predicted molar refractivity (Wildman–Crippen MR) is 70.8 cm³/mol. The maximum Gasteiger partial charge on any atom is 0.328 e. The average Bonchev–Trinajstić information content (AvgIpc) is 2.38. The third kappa shape index (κ3) is 6.24. The molecule has 1 fully saturated rings. The molecule has 1 rings (SSSR count). The Balaban J connectivity index is 2.05. The highest BCUT2D eigenvalue weighted by Crippen LogP contribution is 2.31. The van der Waals surface area contributed by atoms with Crippen LogP contribution in [0.5, 0.6) is 0 Å². The number of carboxylic acid groups (broad SMARTS) is 1. The molecular weight excluding hydrogens is 226 g/mol. The second-order valence-corrected chi connectivity index (χ2v) is 4.90. The van der Waals surface area contributed by atoms with Crippen LogP contribution in [0.1, 0.15) is 44.9 Å². The molecule has 0 aromatic carbocycles. The predicted octanol–water partition coefficient (Wildman–Crippen LogP) is 3.68. The van der Waals surface area contributed by atoms with E-state index in [0.717, 1.165) is 37.7 Å². The Morgan fingerprint density at radius 1 is 1.28 bits per heavy atom. The van der Waals surface area contributed by atoms with Crippen molar-refractivity contribution in [3.05, 3.63) is 24.3 Å². The van der Waals surface area contributed by atoms with Gasteiger partial charge in [0.05, 0.1) is 6.07 Å². The summed E-state index contributed by atoms with van der Waals surface area (Å²) in [5, 5.41) is 17.2. The molecular formula is C15H21NO2. The van der Waals surface area contributed by atoms with Crippen molar-refractivity contribution >= 4 is 5.97 Å². The van der Waals surface area contributed by atoms with Crippen LogP contribution in [0.2, 0.25) is 0 Å². The molecule has 0 saturated heterocycles. The molecule has 0 aromatic rings. The molecule has 0 heterocycles. The number of allylic oxidation sites excluding steroid dienone is 3. The van der Waals surface area contributed by atoms with Crippen LogP contribution in [0.4, 0.5) is 0 Å². The highest BCUT2D eigenvalue weighted by atomic mass is 16.4. The molecule has 0 unspecified atom stereocenters. The van der Waals surface area contributed by atoms with E-state index in [0.29, 0.717) is 5.92 Å². The topological polar surface area (TPSA) is 61.1 Å². The maximum absolute atomic E-state index is 10.2. The highest BCUT2D eigenvalue weighted by molar-refractivity contribution is 5.80. The third-order valence-electron chi connectivity index (χ3n) is 3.50. The fourth-order valence-electron chi connectivity index (χ4n) is 2.42. The summed E-state index contributed by atoms with van der Waals surface area (Å²) < 4.78 is 0. The largest absolute Gasteiger partial charge is 0.478 e. The molecule has 3 nitrogen and oxygen atoms in total. The second kappa shape index (κ2) is 8.52. The van der Waals surface area contributed by atoms with Gasteiger partial charge in [-0.15, -0.1) is 0 Å². The molecule has 0 atom stereocenters. The van der Waals surface area contributed by atoms with Gasteiger partial charge in [-0.1, -0.05) is 24.6 Å². The Morgan fingerprint density at radius 3 is 2.61 bits per heavy atom. The average molecular weight is 247 g/mol. The van der Waals surface area contributed by atoms with Gasteiger partial charge in [-0.2, -0.15) is 5.26 Å². The monoisotopic (exact) mass is 247 g/mol. The molecule has 1 saturated carbocycles. The lowest BCUT2D eigenvalue weighted by molar-refractivity contribution is -0.131. The smallest absolute Gasteiger partial charge is 0.328 e. The third-order valence-corrected chi connectivity index (χ3v) is 3.50. The minimum absolute atomic E-state index is 0.294. The summed E-state index contributed by atoms with van der Waals surface area (Å²) in [5.74, 6) is 0.175. The molecule has 0 aromatic heterocycles. The van der Waals surface area contributed by atoms with E-state index in [1.54, 1.807) is 12.2 Å². The van der Waals surface area contributed by atoms with E-state index in [1.165, 1.54) is 19.3 Å². The van der Waals surface area contributed by atoms with Crippen molar-refractivity contribution in [1.29, 1.82) is 5.26 Å². The van der Waals surface area contributed by atoms with Gasteiger partial charge in [-0.25, -0.2) is 4.79 Å². The molecule has 18 heavy (non-hydrogen) atoms. The van der Waals surface area contributed by atoms with Gasteiger partial charge in [-0.3, -0.25) is 0 Å². The van der Waals surface area contributed by atoms with E-state index in [1.807, 2.05) is 6.08 Å². The number of nitrogens with zero attached hydrogens (tertiary/aromatic N) is 1. The van der Waals surface area contributed by atoms with Gasteiger partial charge >= 0.3 is 5.97 Å². The molecule has 0 amide bonds. The van der Waals surface area contributed by atoms with Crippen LogP contribution < -0.4 is 0 Å². The Hall–Kier alpha value is -1.56. The first kappa shape index (κ1) is 14.5. The minimum Gasteiger partial charge on any atom is -0.478 e. The van der Waals surface area contributed by atoms with Crippen LogP contribution in [0.25, 0.3) is 0 Å². The van der Waals surface area contributed by atoms with E-state index in [9.17, 15) is 4.79 Å². The summed E-state index contributed by atoms with van der Waals surface area (Å²) in [4.78, 5) is 10.2. The first-order valence-electron chi connectivity index (χ1n) is 6.68. The van der Waals surface area contributed by atoms with E-state index in [2.05, 4.69) is 6.07 Å². The fourth-order valence-corrected chi connectivity index (χ4v) is 2.42. The summed E-state index contributed by atoms with van der Waals surface area (Å²) in [6, 6.07) is 2.36. The number of hydrogen-bond donors (Lipinski definition) is 1. The number of rotatable bonds is 6. The van der Waals surface area contributed by atoms with Gasteiger partial charge in [0.15, 0.2) is 0 Å². The Morgan fingerprint density at radius 2 is 2.00 bits per heavy atom. The minimum atomic E-state index is -0.908. The zero-order chi connectivity index (χ0) is 13.2. The van der Waals surface area contributed by atoms with Gasteiger partial charge in [0, 0.05) is 12.0 Å². The molecule has 0 aliphatic heterocycles. The normalized spacial score (nSPS) is 24.4. The van der Waals surface area contributed by atoms with E-state index in [4.69, 9.17) is 10.4 Å². The van der Waals surface area contributed by atoms with Crippen molar-refractivity contribution in [1.82, 2.24) is 0 Å². The van der Waals surface area contributed by atoms with Crippen molar-refractivity contribution in [3.63, 3.8) is 0 Å². The molecule has 0 bridgehead atoms. The van der Waals surface area contributed by atoms with E-state index in [-0.39, 0.29) is 0 Å². The molecule has 1 aliphatic carbocycles. The summed E-state index contributed by atoms with van der Waals surface area (Å²) >= 11 is 0. The van der Waals surface area contributed by atoms with Crippen molar-refractivity contribution in [3.8, 4) is 6.07 Å². The lowest BCUT2D eigenvalue weighted by Gasteiger charge is -2.24. The number of unbranched alkanes of at least 4 members (excludes halogenated alkanes) is 1. The standard InChI is InChI=1S/C15H21NO2/c16-12-14-10-8-13(9-11-14)6-4-2-1-3-5-7-15(17)18/h1,3,5,7,13-14H,2,4,6,8-11H2,(H,17,18)/b3-1+,7-5+/t13-,14-. The van der Waals surface area contributed by atoms with Crippen LogP contribution in [-0.4, -0.2) is 11.1 Å². The Bertz CT molecular complexity index is 344. The zero-order valence-electron chi connectivity index (χ0n) is 10.7.